The van der Waals surface area contributed by atoms with E-state index in [0.29, 0.717) is 19.4 Å². The zero-order valence-corrected chi connectivity index (χ0v) is 12.2. The van der Waals surface area contributed by atoms with Crippen molar-refractivity contribution in [2.24, 2.45) is 5.41 Å². The van der Waals surface area contributed by atoms with Gasteiger partial charge in [0.15, 0.2) is 0 Å². The molecule has 0 heterocycles. The van der Waals surface area contributed by atoms with Gasteiger partial charge in [0.25, 0.3) is 0 Å². The molecular formula is C14H26N2O4. The van der Waals surface area contributed by atoms with E-state index in [1.165, 1.54) is 4.90 Å². The summed E-state index contributed by atoms with van der Waals surface area (Å²) in [4.78, 5) is 25.0. The molecule has 0 aromatic rings. The van der Waals surface area contributed by atoms with Crippen LogP contribution in [0.25, 0.3) is 0 Å². The summed E-state index contributed by atoms with van der Waals surface area (Å²) < 4.78 is 0. The van der Waals surface area contributed by atoms with Gasteiger partial charge >= 0.3 is 12.0 Å². The zero-order chi connectivity index (χ0) is 15.0. The third kappa shape index (κ3) is 4.37. The number of nitrogens with zero attached hydrogens (tertiary/aromatic N) is 1. The summed E-state index contributed by atoms with van der Waals surface area (Å²) in [6.07, 6.45) is 5.17. The van der Waals surface area contributed by atoms with Gasteiger partial charge < -0.3 is 20.4 Å². The molecule has 1 aliphatic carbocycles. The monoisotopic (exact) mass is 286 g/mol. The van der Waals surface area contributed by atoms with E-state index in [2.05, 4.69) is 5.32 Å². The second-order valence-electron chi connectivity index (χ2n) is 5.46. The molecule has 116 valence electrons. The van der Waals surface area contributed by atoms with E-state index in [9.17, 15) is 14.7 Å². The Kier molecular flexibility index (Phi) is 6.78. The van der Waals surface area contributed by atoms with Crippen molar-refractivity contribution in [1.29, 1.82) is 0 Å². The number of rotatable bonds is 6. The van der Waals surface area contributed by atoms with E-state index < -0.39 is 11.4 Å². The van der Waals surface area contributed by atoms with Gasteiger partial charge in [0.2, 0.25) is 0 Å². The maximum absolute atomic E-state index is 12.0. The first kappa shape index (κ1) is 16.8. The van der Waals surface area contributed by atoms with Gasteiger partial charge in [0.05, 0.1) is 12.0 Å². The van der Waals surface area contributed by atoms with Crippen LogP contribution >= 0.6 is 0 Å². The highest BCUT2D eigenvalue weighted by atomic mass is 16.4. The average Bonchev–Trinajstić information content (AvgIpc) is 2.68. The molecule has 1 fully saturated rings. The fourth-order valence-electron chi connectivity index (χ4n) is 2.75. The van der Waals surface area contributed by atoms with Crippen LogP contribution in [0.3, 0.4) is 0 Å². The quantitative estimate of drug-likeness (QED) is 0.644. The van der Waals surface area contributed by atoms with Gasteiger partial charge in [-0.2, -0.15) is 0 Å². The van der Waals surface area contributed by atoms with Gasteiger partial charge in [0, 0.05) is 19.6 Å². The maximum Gasteiger partial charge on any atom is 0.317 e. The molecule has 0 spiro atoms. The van der Waals surface area contributed by atoms with Crippen LogP contribution < -0.4 is 5.32 Å². The first-order valence-corrected chi connectivity index (χ1v) is 7.43. The third-order valence-corrected chi connectivity index (χ3v) is 4.13. The van der Waals surface area contributed by atoms with Crippen LogP contribution in [-0.4, -0.2) is 53.4 Å². The summed E-state index contributed by atoms with van der Waals surface area (Å²) in [6.45, 7) is 2.66. The highest BCUT2D eigenvalue weighted by molar-refractivity contribution is 5.78. The lowest BCUT2D eigenvalue weighted by molar-refractivity contribution is -0.149. The van der Waals surface area contributed by atoms with Crippen molar-refractivity contribution in [3.05, 3.63) is 0 Å². The fourth-order valence-corrected chi connectivity index (χ4v) is 2.75. The molecule has 3 N–H and O–H groups in total. The summed E-state index contributed by atoms with van der Waals surface area (Å²) in [7, 11) is 0. The Morgan fingerprint density at radius 1 is 1.20 bits per heavy atom. The van der Waals surface area contributed by atoms with Crippen molar-refractivity contribution in [2.75, 3.05) is 26.2 Å². The van der Waals surface area contributed by atoms with E-state index in [4.69, 9.17) is 5.11 Å². The van der Waals surface area contributed by atoms with E-state index in [1.54, 1.807) is 0 Å². The zero-order valence-electron chi connectivity index (χ0n) is 12.2. The van der Waals surface area contributed by atoms with E-state index >= 15 is 0 Å². The average molecular weight is 286 g/mol. The molecule has 0 radical (unpaired) electrons. The number of aliphatic carboxylic acids is 1. The lowest BCUT2D eigenvalue weighted by atomic mass is 9.80. The van der Waals surface area contributed by atoms with Crippen LogP contribution in [-0.2, 0) is 4.79 Å². The molecule has 2 amide bonds. The third-order valence-electron chi connectivity index (χ3n) is 4.13. The molecular weight excluding hydrogens is 260 g/mol. The molecule has 0 atom stereocenters. The van der Waals surface area contributed by atoms with Gasteiger partial charge in [-0.1, -0.05) is 25.7 Å². The second-order valence-corrected chi connectivity index (χ2v) is 5.46. The number of aliphatic hydroxyl groups is 1. The van der Waals surface area contributed by atoms with Crippen molar-refractivity contribution in [2.45, 2.75) is 45.4 Å². The molecule has 1 saturated carbocycles. The smallest absolute Gasteiger partial charge is 0.317 e. The number of urea groups is 1. The lowest BCUT2D eigenvalue weighted by Crippen LogP contribution is -2.48. The van der Waals surface area contributed by atoms with Crippen LogP contribution in [0.1, 0.15) is 45.4 Å². The van der Waals surface area contributed by atoms with Crippen molar-refractivity contribution < 1.29 is 19.8 Å². The molecule has 1 rings (SSSR count). The van der Waals surface area contributed by atoms with Gasteiger partial charge in [0.1, 0.15) is 0 Å². The summed E-state index contributed by atoms with van der Waals surface area (Å²) in [6, 6.07) is -0.300. The van der Waals surface area contributed by atoms with Crippen LogP contribution in [0.5, 0.6) is 0 Å². The lowest BCUT2D eigenvalue weighted by Gasteiger charge is -2.30. The molecule has 0 aliphatic heterocycles. The number of carboxylic acids is 1. The molecule has 0 aromatic heterocycles. The second kappa shape index (κ2) is 8.09. The summed E-state index contributed by atoms with van der Waals surface area (Å²) >= 11 is 0. The molecule has 6 heteroatoms. The van der Waals surface area contributed by atoms with Gasteiger partial charge in [-0.15, -0.1) is 0 Å². The minimum Gasteiger partial charge on any atom is -0.481 e. The maximum atomic E-state index is 12.0. The molecule has 6 nitrogen and oxygen atoms in total. The van der Waals surface area contributed by atoms with Crippen molar-refractivity contribution in [1.82, 2.24) is 10.2 Å². The molecule has 0 aromatic carbocycles. The summed E-state index contributed by atoms with van der Waals surface area (Å²) in [5, 5.41) is 21.1. The Labute approximate surface area is 120 Å². The number of carboxylic acid groups (broad SMARTS) is 1. The molecule has 0 saturated heterocycles. The normalized spacial score (nSPS) is 18.1. The van der Waals surface area contributed by atoms with Crippen LogP contribution in [0.4, 0.5) is 4.79 Å². The minimum absolute atomic E-state index is 0.0919. The van der Waals surface area contributed by atoms with E-state index in [-0.39, 0.29) is 25.7 Å². The number of carbonyl (C=O) groups is 2. The predicted molar refractivity (Wildman–Crippen MR) is 75.5 cm³/mol. The molecule has 1 aliphatic rings. The number of nitrogens with one attached hydrogen (secondary N) is 1. The van der Waals surface area contributed by atoms with Crippen LogP contribution in [0.2, 0.25) is 0 Å². The first-order valence-electron chi connectivity index (χ1n) is 7.43. The number of aliphatic hydroxyl groups excluding tert-OH is 1. The number of hydrogen-bond donors (Lipinski definition) is 3. The van der Waals surface area contributed by atoms with E-state index in [1.807, 2.05) is 6.92 Å². The van der Waals surface area contributed by atoms with Gasteiger partial charge in [-0.25, -0.2) is 4.79 Å². The Morgan fingerprint density at radius 2 is 1.80 bits per heavy atom. The van der Waals surface area contributed by atoms with E-state index in [0.717, 1.165) is 25.7 Å². The molecule has 0 unspecified atom stereocenters. The van der Waals surface area contributed by atoms with Crippen LogP contribution in [0.15, 0.2) is 0 Å². The van der Waals surface area contributed by atoms with Crippen molar-refractivity contribution >= 4 is 12.0 Å². The Bertz CT molecular complexity index is 325. The summed E-state index contributed by atoms with van der Waals surface area (Å²) in [5.41, 5.74) is -0.829. The Hall–Kier alpha value is -1.30. The van der Waals surface area contributed by atoms with Crippen molar-refractivity contribution in [3.63, 3.8) is 0 Å². The SMILES string of the molecule is CCN(CCO)C(=O)NCC1(C(=O)O)CCCCCC1. The molecule has 20 heavy (non-hydrogen) atoms. The first-order chi connectivity index (χ1) is 9.55. The predicted octanol–water partition coefficient (Wildman–Crippen LogP) is 1.44. The number of carbonyl (C=O) groups excluding carboxylic acids is 1. The number of likely N-dealkylation sites (N-methyl/N-ethyl adjacent to an activating group) is 1. The minimum atomic E-state index is -0.829. The fraction of sp³-hybridized carbons (Fsp3) is 0.857. The topological polar surface area (TPSA) is 89.9 Å². The number of hydrogen-bond acceptors (Lipinski definition) is 3. The Morgan fingerprint density at radius 3 is 2.25 bits per heavy atom. The largest absolute Gasteiger partial charge is 0.481 e. The summed E-state index contributed by atoms with van der Waals surface area (Å²) in [5.74, 6) is -0.815. The van der Waals surface area contributed by atoms with Crippen molar-refractivity contribution in [3.8, 4) is 0 Å². The standard InChI is InChI=1S/C14H26N2O4/c1-2-16(9-10-17)13(20)15-11-14(12(18)19)7-5-3-4-6-8-14/h17H,2-11H2,1H3,(H,15,20)(H,18,19). The number of amides is 2. The van der Waals surface area contributed by atoms with Gasteiger partial charge in [-0.3, -0.25) is 4.79 Å². The Balaban J connectivity index is 2.62. The van der Waals surface area contributed by atoms with Crippen LogP contribution in [0, 0.1) is 5.41 Å². The molecule has 0 bridgehead atoms. The van der Waals surface area contributed by atoms with Gasteiger partial charge in [-0.05, 0) is 19.8 Å². The highest BCUT2D eigenvalue weighted by Crippen LogP contribution is 2.34. The highest BCUT2D eigenvalue weighted by Gasteiger charge is 2.39.